The molecule has 0 unspecified atom stereocenters. The van der Waals surface area contributed by atoms with Gasteiger partial charge in [-0.2, -0.15) is 0 Å². The van der Waals surface area contributed by atoms with Crippen LogP contribution in [0.15, 0.2) is 24.5 Å². The summed E-state index contributed by atoms with van der Waals surface area (Å²) < 4.78 is 7.79. The van der Waals surface area contributed by atoms with Crippen LogP contribution >= 0.6 is 12.2 Å². The second-order valence-electron chi connectivity index (χ2n) is 3.58. The Bertz CT molecular complexity index is 544. The van der Waals surface area contributed by atoms with E-state index < -0.39 is 0 Å². The van der Waals surface area contributed by atoms with Crippen molar-refractivity contribution in [1.82, 2.24) is 14.5 Å². The highest BCUT2D eigenvalue weighted by atomic mass is 32.1. The first-order valence-corrected chi connectivity index (χ1v) is 5.35. The monoisotopic (exact) mass is 235 g/mol. The molecule has 0 atom stereocenters. The normalized spacial score (nSPS) is 10.4. The maximum absolute atomic E-state index is 5.19. The van der Waals surface area contributed by atoms with Gasteiger partial charge in [-0.1, -0.05) is 0 Å². The van der Waals surface area contributed by atoms with Crippen LogP contribution in [0.4, 0.5) is 0 Å². The first kappa shape index (κ1) is 10.9. The molecule has 4 nitrogen and oxygen atoms in total. The van der Waals surface area contributed by atoms with E-state index in [4.69, 9.17) is 17.0 Å². The van der Waals surface area contributed by atoms with Gasteiger partial charge in [-0.25, -0.2) is 4.98 Å². The number of hydrogen-bond acceptors (Lipinski definition) is 3. The van der Waals surface area contributed by atoms with Gasteiger partial charge in [0.05, 0.1) is 13.7 Å². The number of nitrogens with zero attached hydrogens (tertiary/aromatic N) is 2. The van der Waals surface area contributed by atoms with E-state index in [1.807, 2.05) is 29.8 Å². The van der Waals surface area contributed by atoms with E-state index >= 15 is 0 Å². The standard InChI is InChI=1S/C11H13N3OS/c1-8-6-14(11(16)13-8)7-9-3-4-12-10(5-9)15-2/h3-6H,7H2,1-2H3,(H,13,16). The summed E-state index contributed by atoms with van der Waals surface area (Å²) in [4.78, 5) is 7.15. The van der Waals surface area contributed by atoms with Gasteiger partial charge >= 0.3 is 0 Å². The molecule has 0 saturated carbocycles. The zero-order chi connectivity index (χ0) is 11.5. The zero-order valence-electron chi connectivity index (χ0n) is 9.23. The van der Waals surface area contributed by atoms with Crippen molar-refractivity contribution in [2.45, 2.75) is 13.5 Å². The minimum absolute atomic E-state index is 0.622. The third-order valence-electron chi connectivity index (χ3n) is 2.28. The number of nitrogens with one attached hydrogen (secondary N) is 1. The molecule has 0 radical (unpaired) electrons. The summed E-state index contributed by atoms with van der Waals surface area (Å²) in [6.07, 6.45) is 3.73. The van der Waals surface area contributed by atoms with Crippen LogP contribution in [0.2, 0.25) is 0 Å². The van der Waals surface area contributed by atoms with Crippen LogP contribution in [-0.2, 0) is 6.54 Å². The lowest BCUT2D eigenvalue weighted by atomic mass is 10.2. The van der Waals surface area contributed by atoms with E-state index in [0.29, 0.717) is 5.88 Å². The summed E-state index contributed by atoms with van der Waals surface area (Å²) in [6, 6.07) is 3.86. The van der Waals surface area contributed by atoms with Crippen molar-refractivity contribution in [2.75, 3.05) is 7.11 Å². The molecule has 0 fully saturated rings. The molecule has 0 aliphatic rings. The number of methoxy groups -OCH3 is 1. The Balaban J connectivity index is 2.26. The molecule has 16 heavy (non-hydrogen) atoms. The van der Waals surface area contributed by atoms with Crippen LogP contribution < -0.4 is 4.74 Å². The second-order valence-corrected chi connectivity index (χ2v) is 3.96. The summed E-state index contributed by atoms with van der Waals surface area (Å²) in [5.41, 5.74) is 2.17. The van der Waals surface area contributed by atoms with Crippen molar-refractivity contribution in [3.63, 3.8) is 0 Å². The van der Waals surface area contributed by atoms with Gasteiger partial charge < -0.3 is 14.3 Å². The van der Waals surface area contributed by atoms with Crippen molar-refractivity contribution in [2.24, 2.45) is 0 Å². The van der Waals surface area contributed by atoms with Gasteiger partial charge in [-0.3, -0.25) is 0 Å². The number of H-pyrrole nitrogens is 1. The van der Waals surface area contributed by atoms with Crippen LogP contribution in [-0.4, -0.2) is 21.6 Å². The fraction of sp³-hybridized carbons (Fsp3) is 0.273. The fourth-order valence-electron chi connectivity index (χ4n) is 1.54. The smallest absolute Gasteiger partial charge is 0.213 e. The third kappa shape index (κ3) is 2.30. The number of rotatable bonds is 3. The van der Waals surface area contributed by atoms with E-state index in [1.165, 1.54) is 0 Å². The molecule has 0 aromatic carbocycles. The largest absolute Gasteiger partial charge is 0.481 e. The third-order valence-corrected chi connectivity index (χ3v) is 2.61. The maximum atomic E-state index is 5.19. The molecule has 0 aliphatic carbocycles. The lowest BCUT2D eigenvalue weighted by Gasteiger charge is -2.04. The Labute approximate surface area is 98.9 Å². The van der Waals surface area contributed by atoms with Crippen molar-refractivity contribution >= 4 is 12.2 Å². The maximum Gasteiger partial charge on any atom is 0.213 e. The highest BCUT2D eigenvalue weighted by Gasteiger charge is 2.00. The highest BCUT2D eigenvalue weighted by molar-refractivity contribution is 7.71. The van der Waals surface area contributed by atoms with Gasteiger partial charge in [0.15, 0.2) is 4.77 Å². The van der Waals surface area contributed by atoms with E-state index in [9.17, 15) is 0 Å². The molecular weight excluding hydrogens is 222 g/mol. The zero-order valence-corrected chi connectivity index (χ0v) is 10.0. The number of ether oxygens (including phenoxy) is 1. The van der Waals surface area contributed by atoms with E-state index in [1.54, 1.807) is 13.3 Å². The molecule has 84 valence electrons. The molecule has 1 N–H and O–H groups in total. The molecule has 5 heteroatoms. The first-order valence-electron chi connectivity index (χ1n) is 4.94. The van der Waals surface area contributed by atoms with Crippen LogP contribution in [0.25, 0.3) is 0 Å². The predicted molar refractivity (Wildman–Crippen MR) is 64.2 cm³/mol. The number of aromatic nitrogens is 3. The molecular formula is C11H13N3OS. The molecule has 0 bridgehead atoms. The van der Waals surface area contributed by atoms with E-state index in [2.05, 4.69) is 9.97 Å². The molecule has 0 aliphatic heterocycles. The molecule has 2 aromatic heterocycles. The SMILES string of the molecule is COc1cc(Cn2cc(C)[nH]c2=S)ccn1. The number of hydrogen-bond donors (Lipinski definition) is 1. The number of aromatic amines is 1. The highest BCUT2D eigenvalue weighted by Crippen LogP contribution is 2.10. The molecule has 0 saturated heterocycles. The summed E-state index contributed by atoms with van der Waals surface area (Å²) in [6.45, 7) is 2.71. The average Bonchev–Trinajstić information content (AvgIpc) is 2.58. The lowest BCUT2D eigenvalue weighted by Crippen LogP contribution is -1.99. The quantitative estimate of drug-likeness (QED) is 0.830. The van der Waals surface area contributed by atoms with Crippen LogP contribution in [0, 0.1) is 11.7 Å². The van der Waals surface area contributed by atoms with Gasteiger partial charge in [0, 0.05) is 24.2 Å². The van der Waals surface area contributed by atoms with Gasteiger partial charge in [0.2, 0.25) is 5.88 Å². The Morgan fingerprint density at radius 1 is 1.56 bits per heavy atom. The van der Waals surface area contributed by atoms with Gasteiger partial charge in [-0.05, 0) is 30.8 Å². The summed E-state index contributed by atoms with van der Waals surface area (Å²) >= 11 is 5.19. The van der Waals surface area contributed by atoms with Gasteiger partial charge in [0.25, 0.3) is 0 Å². The van der Waals surface area contributed by atoms with Crippen molar-refractivity contribution in [3.8, 4) is 5.88 Å². The Kier molecular flexibility index (Phi) is 3.05. The number of pyridine rings is 1. The van der Waals surface area contributed by atoms with Crippen LogP contribution in [0.3, 0.4) is 0 Å². The second kappa shape index (κ2) is 4.49. The minimum Gasteiger partial charge on any atom is -0.481 e. The minimum atomic E-state index is 0.622. The molecule has 0 amide bonds. The van der Waals surface area contributed by atoms with Gasteiger partial charge in [-0.15, -0.1) is 0 Å². The average molecular weight is 235 g/mol. The number of aryl methyl sites for hydroxylation is 1. The molecule has 2 rings (SSSR count). The van der Waals surface area contributed by atoms with Crippen molar-refractivity contribution < 1.29 is 4.74 Å². The van der Waals surface area contributed by atoms with Gasteiger partial charge in [0.1, 0.15) is 0 Å². The van der Waals surface area contributed by atoms with E-state index in [0.717, 1.165) is 22.6 Å². The summed E-state index contributed by atoms with van der Waals surface area (Å²) in [5.74, 6) is 0.622. The fourth-order valence-corrected chi connectivity index (χ4v) is 1.82. The Morgan fingerprint density at radius 2 is 2.38 bits per heavy atom. The van der Waals surface area contributed by atoms with Crippen molar-refractivity contribution in [3.05, 3.63) is 40.6 Å². The Hall–Kier alpha value is -1.62. The lowest BCUT2D eigenvalue weighted by molar-refractivity contribution is 0.397. The molecule has 2 aromatic rings. The topological polar surface area (TPSA) is 42.8 Å². The summed E-state index contributed by atoms with van der Waals surface area (Å²) in [5, 5.41) is 0. The molecule has 2 heterocycles. The molecule has 0 spiro atoms. The van der Waals surface area contributed by atoms with E-state index in [-0.39, 0.29) is 0 Å². The van der Waals surface area contributed by atoms with Crippen LogP contribution in [0.1, 0.15) is 11.3 Å². The van der Waals surface area contributed by atoms with Crippen molar-refractivity contribution in [1.29, 1.82) is 0 Å². The predicted octanol–water partition coefficient (Wildman–Crippen LogP) is 2.31. The summed E-state index contributed by atoms with van der Waals surface area (Å²) in [7, 11) is 1.61. The van der Waals surface area contributed by atoms with Crippen LogP contribution in [0.5, 0.6) is 5.88 Å². The first-order chi connectivity index (χ1) is 7.69. The Morgan fingerprint density at radius 3 is 3.00 bits per heavy atom. The number of imidazole rings is 1.